The lowest BCUT2D eigenvalue weighted by atomic mass is 10.1. The number of rotatable bonds is 6. The van der Waals surface area contributed by atoms with Gasteiger partial charge in [0.05, 0.1) is 12.6 Å². The van der Waals surface area contributed by atoms with E-state index in [0.29, 0.717) is 0 Å². The second-order valence-corrected chi connectivity index (χ2v) is 7.21. The highest BCUT2D eigenvalue weighted by molar-refractivity contribution is 5.83. The molecule has 0 saturated heterocycles. The Kier molecular flexibility index (Phi) is 7.42. The van der Waals surface area contributed by atoms with Gasteiger partial charge in [0, 0.05) is 6.54 Å². The molecule has 1 aromatic carbocycles. The van der Waals surface area contributed by atoms with Gasteiger partial charge in [-0.15, -0.1) is 0 Å². The first-order chi connectivity index (χ1) is 11.5. The maximum Gasteiger partial charge on any atom is 0.328 e. The molecule has 0 bridgehead atoms. The molecule has 0 aromatic heterocycles. The van der Waals surface area contributed by atoms with Crippen LogP contribution in [0.15, 0.2) is 24.3 Å². The third-order valence-corrected chi connectivity index (χ3v) is 3.73. The van der Waals surface area contributed by atoms with Gasteiger partial charge in [0.2, 0.25) is 0 Å². The third-order valence-electron chi connectivity index (χ3n) is 3.73. The number of carbonyl (C=O) groups excluding carboxylic acids is 2. The lowest BCUT2D eigenvalue weighted by Gasteiger charge is -2.31. The molecule has 6 nitrogen and oxygen atoms in total. The molecular formula is C19H30N2O4. The number of carbonyl (C=O) groups is 2. The van der Waals surface area contributed by atoms with Crippen molar-refractivity contribution in [2.45, 2.75) is 59.2 Å². The van der Waals surface area contributed by atoms with Crippen molar-refractivity contribution in [1.29, 1.82) is 0 Å². The second-order valence-electron chi connectivity index (χ2n) is 7.21. The molecule has 140 valence electrons. The quantitative estimate of drug-likeness (QED) is 0.773. The Morgan fingerprint density at radius 3 is 2.24 bits per heavy atom. The Morgan fingerprint density at radius 2 is 1.76 bits per heavy atom. The van der Waals surface area contributed by atoms with E-state index < -0.39 is 23.6 Å². The van der Waals surface area contributed by atoms with Gasteiger partial charge in [-0.25, -0.2) is 9.59 Å². The number of hydrogen-bond donors (Lipinski definition) is 2. The van der Waals surface area contributed by atoms with E-state index in [4.69, 9.17) is 4.74 Å². The number of aliphatic hydroxyl groups is 1. The van der Waals surface area contributed by atoms with E-state index in [0.717, 1.165) is 11.1 Å². The Balaban J connectivity index is 2.82. The van der Waals surface area contributed by atoms with Gasteiger partial charge in [0.25, 0.3) is 0 Å². The van der Waals surface area contributed by atoms with Crippen molar-refractivity contribution in [2.75, 3.05) is 13.2 Å². The highest BCUT2D eigenvalue weighted by atomic mass is 16.6. The van der Waals surface area contributed by atoms with Crippen LogP contribution in [0.5, 0.6) is 0 Å². The van der Waals surface area contributed by atoms with Crippen LogP contribution in [0.3, 0.4) is 0 Å². The van der Waals surface area contributed by atoms with Crippen LogP contribution in [0, 0.1) is 6.92 Å². The largest absolute Gasteiger partial charge is 0.458 e. The number of ether oxygens (including phenoxy) is 1. The predicted molar refractivity (Wildman–Crippen MR) is 97.2 cm³/mol. The Labute approximate surface area is 150 Å². The van der Waals surface area contributed by atoms with E-state index in [9.17, 15) is 14.7 Å². The molecule has 6 heteroatoms. The highest BCUT2D eigenvalue weighted by Gasteiger charge is 2.27. The van der Waals surface area contributed by atoms with Crippen LogP contribution in [0.1, 0.15) is 51.8 Å². The van der Waals surface area contributed by atoms with Crippen LogP contribution in [-0.4, -0.2) is 46.8 Å². The molecule has 2 amide bonds. The number of benzene rings is 1. The fraction of sp³-hybridized carbons (Fsp3) is 0.579. The van der Waals surface area contributed by atoms with E-state index in [2.05, 4.69) is 5.32 Å². The summed E-state index contributed by atoms with van der Waals surface area (Å²) in [5.41, 5.74) is 1.47. The monoisotopic (exact) mass is 350 g/mol. The topological polar surface area (TPSA) is 78.9 Å². The molecule has 1 rings (SSSR count). The number of aliphatic hydroxyl groups excluding tert-OH is 1. The summed E-state index contributed by atoms with van der Waals surface area (Å²) in [4.78, 5) is 26.1. The number of esters is 1. The molecule has 0 spiro atoms. The van der Waals surface area contributed by atoms with E-state index in [-0.39, 0.29) is 19.2 Å². The van der Waals surface area contributed by atoms with E-state index in [1.807, 2.05) is 38.1 Å². The van der Waals surface area contributed by atoms with Crippen molar-refractivity contribution in [1.82, 2.24) is 10.2 Å². The summed E-state index contributed by atoms with van der Waals surface area (Å²) in [6.07, 6.45) is 0. The SMILES string of the molecule is Cc1ccc(C(C)N(CCO)C(=O)N[C@@H](C)C(=O)OC(C)(C)C)cc1. The smallest absolute Gasteiger partial charge is 0.328 e. The maximum absolute atomic E-state index is 12.6. The highest BCUT2D eigenvalue weighted by Crippen LogP contribution is 2.20. The van der Waals surface area contributed by atoms with Crippen molar-refractivity contribution in [3.63, 3.8) is 0 Å². The van der Waals surface area contributed by atoms with Crippen LogP contribution in [0.4, 0.5) is 4.79 Å². The molecule has 2 N–H and O–H groups in total. The molecule has 2 atom stereocenters. The zero-order chi connectivity index (χ0) is 19.2. The van der Waals surface area contributed by atoms with Crippen molar-refractivity contribution in [3.05, 3.63) is 35.4 Å². The first-order valence-electron chi connectivity index (χ1n) is 8.52. The van der Waals surface area contributed by atoms with Gasteiger partial charge in [0.15, 0.2) is 0 Å². The van der Waals surface area contributed by atoms with Gasteiger partial charge < -0.3 is 20.1 Å². The summed E-state index contributed by atoms with van der Waals surface area (Å²) in [6.45, 7) is 10.8. The first-order valence-corrected chi connectivity index (χ1v) is 8.52. The van der Waals surface area contributed by atoms with Gasteiger partial charge in [-0.3, -0.25) is 0 Å². The van der Waals surface area contributed by atoms with Gasteiger partial charge >= 0.3 is 12.0 Å². The Morgan fingerprint density at radius 1 is 1.20 bits per heavy atom. The standard InChI is InChI=1S/C19H30N2O4/c1-13-7-9-16(10-8-13)15(3)21(11-12-22)18(24)20-14(2)17(23)25-19(4,5)6/h7-10,14-15,22H,11-12H2,1-6H3,(H,20,24)/t14-,15?/m0/s1. The van der Waals surface area contributed by atoms with Crippen LogP contribution >= 0.6 is 0 Å². The Bertz CT molecular complexity index is 578. The average molecular weight is 350 g/mol. The lowest BCUT2D eigenvalue weighted by molar-refractivity contribution is -0.156. The van der Waals surface area contributed by atoms with Gasteiger partial charge in [-0.1, -0.05) is 29.8 Å². The maximum atomic E-state index is 12.6. The van der Waals surface area contributed by atoms with Gasteiger partial charge in [-0.2, -0.15) is 0 Å². The van der Waals surface area contributed by atoms with Crippen LogP contribution in [0.25, 0.3) is 0 Å². The molecule has 0 aliphatic rings. The van der Waals surface area contributed by atoms with Crippen molar-refractivity contribution < 1.29 is 19.4 Å². The van der Waals surface area contributed by atoms with Crippen LogP contribution < -0.4 is 5.32 Å². The van der Waals surface area contributed by atoms with Crippen molar-refractivity contribution in [3.8, 4) is 0 Å². The van der Waals surface area contributed by atoms with Gasteiger partial charge in [-0.05, 0) is 47.1 Å². The molecule has 0 saturated carbocycles. The fourth-order valence-corrected chi connectivity index (χ4v) is 2.32. The van der Waals surface area contributed by atoms with Gasteiger partial charge in [0.1, 0.15) is 11.6 Å². The molecule has 0 heterocycles. The van der Waals surface area contributed by atoms with Crippen LogP contribution in [0.2, 0.25) is 0 Å². The van der Waals surface area contributed by atoms with Crippen molar-refractivity contribution in [2.24, 2.45) is 0 Å². The summed E-state index contributed by atoms with van der Waals surface area (Å²) in [5.74, 6) is -0.493. The summed E-state index contributed by atoms with van der Waals surface area (Å²) in [6, 6.07) is 6.43. The minimum absolute atomic E-state index is 0.162. The first kappa shape index (κ1) is 21.0. The summed E-state index contributed by atoms with van der Waals surface area (Å²) < 4.78 is 5.28. The van der Waals surface area contributed by atoms with E-state index in [1.165, 1.54) is 4.90 Å². The normalized spacial score (nSPS) is 13.7. The molecule has 1 aromatic rings. The number of aryl methyl sites for hydroxylation is 1. The molecule has 0 aliphatic heterocycles. The number of urea groups is 1. The molecule has 0 radical (unpaired) electrons. The lowest BCUT2D eigenvalue weighted by Crippen LogP contribution is -2.49. The average Bonchev–Trinajstić information content (AvgIpc) is 2.50. The summed E-state index contributed by atoms with van der Waals surface area (Å²) in [7, 11) is 0. The Hall–Kier alpha value is -2.08. The number of hydrogen-bond acceptors (Lipinski definition) is 4. The third kappa shape index (κ3) is 6.74. The number of amides is 2. The van der Waals surface area contributed by atoms with E-state index >= 15 is 0 Å². The van der Waals surface area contributed by atoms with Crippen LogP contribution in [-0.2, 0) is 9.53 Å². The zero-order valence-electron chi connectivity index (χ0n) is 16.0. The zero-order valence-corrected chi connectivity index (χ0v) is 16.0. The fourth-order valence-electron chi connectivity index (χ4n) is 2.32. The van der Waals surface area contributed by atoms with E-state index in [1.54, 1.807) is 27.7 Å². The van der Waals surface area contributed by atoms with Crippen molar-refractivity contribution >= 4 is 12.0 Å². The summed E-state index contributed by atoms with van der Waals surface area (Å²) >= 11 is 0. The minimum Gasteiger partial charge on any atom is -0.458 e. The minimum atomic E-state index is -0.780. The predicted octanol–water partition coefficient (Wildman–Crippen LogP) is 2.79. The number of nitrogens with zero attached hydrogens (tertiary/aromatic N) is 1. The molecule has 25 heavy (non-hydrogen) atoms. The molecule has 0 aliphatic carbocycles. The number of nitrogens with one attached hydrogen (secondary N) is 1. The molecule has 0 fully saturated rings. The molecular weight excluding hydrogens is 320 g/mol. The second kappa shape index (κ2) is 8.85. The molecule has 1 unspecified atom stereocenters. The summed E-state index contributed by atoms with van der Waals surface area (Å²) in [5, 5.41) is 12.0.